The maximum absolute atomic E-state index is 12.2. The molecular weight excluding hydrogens is 308 g/mol. The Balaban J connectivity index is 1.78. The number of tetrazole rings is 1. The normalized spacial score (nSPS) is 10.1. The summed E-state index contributed by atoms with van der Waals surface area (Å²) in [7, 11) is 0. The van der Waals surface area contributed by atoms with Crippen LogP contribution in [0.2, 0.25) is 0 Å². The van der Waals surface area contributed by atoms with Gasteiger partial charge in [-0.15, -0.1) is 0 Å². The SMILES string of the molecule is N#Cc1ccccc1NC(=O)Cn1nnn(-c2ccccc2)c1=O. The fraction of sp³-hybridized carbons (Fsp3) is 0.0625. The van der Waals surface area contributed by atoms with Gasteiger partial charge in [0.2, 0.25) is 5.91 Å². The molecule has 8 heteroatoms. The molecule has 0 atom stereocenters. The van der Waals surface area contributed by atoms with E-state index in [2.05, 4.69) is 15.7 Å². The molecule has 1 N–H and O–H groups in total. The number of amides is 1. The Labute approximate surface area is 136 Å². The van der Waals surface area contributed by atoms with Crippen LogP contribution in [-0.4, -0.2) is 25.7 Å². The molecular formula is C16H12N6O2. The summed E-state index contributed by atoms with van der Waals surface area (Å²) < 4.78 is 2.06. The van der Waals surface area contributed by atoms with E-state index in [1.807, 2.05) is 12.1 Å². The number of carbonyl (C=O) groups excluding carboxylic acids is 1. The zero-order valence-electron chi connectivity index (χ0n) is 12.5. The number of hydrogen-bond acceptors (Lipinski definition) is 5. The predicted molar refractivity (Wildman–Crippen MR) is 85.4 cm³/mol. The monoisotopic (exact) mass is 320 g/mol. The van der Waals surface area contributed by atoms with E-state index in [9.17, 15) is 9.59 Å². The Morgan fingerprint density at radius 3 is 2.54 bits per heavy atom. The molecule has 0 aliphatic heterocycles. The summed E-state index contributed by atoms with van der Waals surface area (Å²) in [6.07, 6.45) is 0. The van der Waals surface area contributed by atoms with Crippen molar-refractivity contribution in [3.8, 4) is 11.8 Å². The maximum atomic E-state index is 12.2. The van der Waals surface area contributed by atoms with Gasteiger partial charge >= 0.3 is 5.69 Å². The van der Waals surface area contributed by atoms with Crippen molar-refractivity contribution >= 4 is 11.6 Å². The van der Waals surface area contributed by atoms with Crippen LogP contribution in [0.3, 0.4) is 0 Å². The molecule has 2 aromatic carbocycles. The molecule has 1 aromatic heterocycles. The van der Waals surface area contributed by atoms with Crippen molar-refractivity contribution in [3.63, 3.8) is 0 Å². The quantitative estimate of drug-likeness (QED) is 0.770. The van der Waals surface area contributed by atoms with Gasteiger partial charge in [0, 0.05) is 0 Å². The zero-order valence-corrected chi connectivity index (χ0v) is 12.5. The Morgan fingerprint density at radius 2 is 1.79 bits per heavy atom. The maximum Gasteiger partial charge on any atom is 0.368 e. The smallest absolute Gasteiger partial charge is 0.323 e. The van der Waals surface area contributed by atoms with Gasteiger partial charge in [-0.1, -0.05) is 30.3 Å². The van der Waals surface area contributed by atoms with E-state index in [4.69, 9.17) is 5.26 Å². The molecule has 1 amide bonds. The van der Waals surface area contributed by atoms with Crippen molar-refractivity contribution in [1.82, 2.24) is 19.8 Å². The van der Waals surface area contributed by atoms with Crippen LogP contribution in [0.4, 0.5) is 5.69 Å². The molecule has 0 bridgehead atoms. The summed E-state index contributed by atoms with van der Waals surface area (Å²) in [5.74, 6) is -0.472. The van der Waals surface area contributed by atoms with Crippen molar-refractivity contribution in [2.24, 2.45) is 0 Å². The zero-order chi connectivity index (χ0) is 16.9. The van der Waals surface area contributed by atoms with Gasteiger partial charge in [0.05, 0.1) is 16.9 Å². The first-order valence-electron chi connectivity index (χ1n) is 7.06. The molecule has 3 rings (SSSR count). The number of benzene rings is 2. The van der Waals surface area contributed by atoms with Crippen molar-refractivity contribution in [1.29, 1.82) is 5.26 Å². The number of nitrogens with zero attached hydrogens (tertiary/aromatic N) is 5. The van der Waals surface area contributed by atoms with Crippen molar-refractivity contribution < 1.29 is 4.79 Å². The Kier molecular flexibility index (Phi) is 4.16. The second-order valence-electron chi connectivity index (χ2n) is 4.87. The van der Waals surface area contributed by atoms with Crippen LogP contribution in [0, 0.1) is 11.3 Å². The third-order valence-electron chi connectivity index (χ3n) is 3.26. The summed E-state index contributed by atoms with van der Waals surface area (Å²) in [6, 6.07) is 17.4. The molecule has 0 spiro atoms. The highest BCUT2D eigenvalue weighted by Gasteiger charge is 2.13. The molecule has 0 radical (unpaired) electrons. The number of nitrogens with one attached hydrogen (secondary N) is 1. The molecule has 0 unspecified atom stereocenters. The van der Waals surface area contributed by atoms with Crippen LogP contribution < -0.4 is 11.0 Å². The van der Waals surface area contributed by atoms with Gasteiger partial charge in [0.25, 0.3) is 0 Å². The third-order valence-corrected chi connectivity index (χ3v) is 3.26. The topological polar surface area (TPSA) is 106 Å². The second-order valence-corrected chi connectivity index (χ2v) is 4.87. The fourth-order valence-corrected chi connectivity index (χ4v) is 2.12. The minimum absolute atomic E-state index is 0.300. The van der Waals surface area contributed by atoms with E-state index >= 15 is 0 Å². The number of para-hydroxylation sites is 2. The van der Waals surface area contributed by atoms with Crippen LogP contribution >= 0.6 is 0 Å². The summed E-state index contributed by atoms with van der Waals surface area (Å²) >= 11 is 0. The molecule has 8 nitrogen and oxygen atoms in total. The molecule has 0 saturated carbocycles. The minimum atomic E-state index is -0.523. The lowest BCUT2D eigenvalue weighted by atomic mass is 10.2. The molecule has 0 aliphatic carbocycles. The van der Waals surface area contributed by atoms with Crippen LogP contribution in [0.1, 0.15) is 5.56 Å². The van der Waals surface area contributed by atoms with E-state index in [-0.39, 0.29) is 6.54 Å². The number of hydrogen-bond donors (Lipinski definition) is 1. The third kappa shape index (κ3) is 3.05. The van der Waals surface area contributed by atoms with Gasteiger partial charge < -0.3 is 5.32 Å². The summed E-state index contributed by atoms with van der Waals surface area (Å²) in [5.41, 5.74) is 0.758. The lowest BCUT2D eigenvalue weighted by Gasteiger charge is -2.05. The van der Waals surface area contributed by atoms with Gasteiger partial charge in [-0.3, -0.25) is 4.79 Å². The highest BCUT2D eigenvalue weighted by molar-refractivity contribution is 5.91. The largest absolute Gasteiger partial charge is 0.368 e. The highest BCUT2D eigenvalue weighted by Crippen LogP contribution is 2.13. The first kappa shape index (κ1) is 15.2. The molecule has 0 aliphatic rings. The van der Waals surface area contributed by atoms with E-state index in [0.29, 0.717) is 16.9 Å². The van der Waals surface area contributed by atoms with Crippen molar-refractivity contribution in [2.45, 2.75) is 6.54 Å². The van der Waals surface area contributed by atoms with Gasteiger partial charge in [-0.2, -0.15) is 14.6 Å². The summed E-state index contributed by atoms with van der Waals surface area (Å²) in [5, 5.41) is 19.1. The molecule has 118 valence electrons. The number of carbonyl (C=O) groups is 1. The van der Waals surface area contributed by atoms with Crippen molar-refractivity contribution in [2.75, 3.05) is 5.32 Å². The number of anilines is 1. The predicted octanol–water partition coefficient (Wildman–Crippen LogP) is 0.939. The second kappa shape index (κ2) is 6.58. The Hall–Kier alpha value is -3.73. The molecule has 0 saturated heterocycles. The van der Waals surface area contributed by atoms with E-state index in [0.717, 1.165) is 9.36 Å². The summed E-state index contributed by atoms with van der Waals surface area (Å²) in [6.45, 7) is -0.300. The van der Waals surface area contributed by atoms with Gasteiger partial charge in [-0.25, -0.2) is 4.79 Å². The average Bonchev–Trinajstić information content (AvgIpc) is 2.97. The van der Waals surface area contributed by atoms with Crippen LogP contribution in [0.25, 0.3) is 5.69 Å². The fourth-order valence-electron chi connectivity index (χ4n) is 2.12. The van der Waals surface area contributed by atoms with E-state index in [1.54, 1.807) is 48.5 Å². The van der Waals surface area contributed by atoms with Crippen LogP contribution in [-0.2, 0) is 11.3 Å². The number of rotatable bonds is 4. The van der Waals surface area contributed by atoms with Gasteiger partial charge in [0.1, 0.15) is 12.6 Å². The Morgan fingerprint density at radius 1 is 1.08 bits per heavy atom. The molecule has 3 aromatic rings. The standard InChI is InChI=1S/C16H12N6O2/c17-10-12-6-4-5-9-14(12)18-15(23)11-21-16(24)22(20-19-21)13-7-2-1-3-8-13/h1-9H,11H2,(H,18,23). The van der Waals surface area contributed by atoms with E-state index in [1.165, 1.54) is 0 Å². The molecule has 1 heterocycles. The molecule has 24 heavy (non-hydrogen) atoms. The first-order valence-corrected chi connectivity index (χ1v) is 7.06. The van der Waals surface area contributed by atoms with Crippen LogP contribution in [0.5, 0.6) is 0 Å². The lowest BCUT2D eigenvalue weighted by Crippen LogP contribution is -2.29. The number of nitriles is 1. The van der Waals surface area contributed by atoms with E-state index < -0.39 is 11.6 Å². The summed E-state index contributed by atoms with van der Waals surface area (Å²) in [4.78, 5) is 24.3. The van der Waals surface area contributed by atoms with Crippen LogP contribution in [0.15, 0.2) is 59.4 Å². The lowest BCUT2D eigenvalue weighted by molar-refractivity contribution is -0.117. The van der Waals surface area contributed by atoms with Gasteiger partial charge in [0.15, 0.2) is 0 Å². The Bertz CT molecular complexity index is 968. The first-order chi connectivity index (χ1) is 11.7. The average molecular weight is 320 g/mol. The molecule has 0 fully saturated rings. The number of aromatic nitrogens is 4. The van der Waals surface area contributed by atoms with Gasteiger partial charge in [-0.05, 0) is 34.7 Å². The highest BCUT2D eigenvalue weighted by atomic mass is 16.2. The van der Waals surface area contributed by atoms with Crippen molar-refractivity contribution in [3.05, 3.63) is 70.6 Å². The minimum Gasteiger partial charge on any atom is -0.323 e.